The van der Waals surface area contributed by atoms with E-state index in [1.165, 1.54) is 12.8 Å². The number of benzene rings is 2. The molecule has 0 spiro atoms. The standard InChI is InChI=1S/C32H40N8O/c1-21-13-22(2)18-39(17-21)31-36-30(37-32(38-31)40-19-23(3)14-24(4)20-40)26-7-11-27(12-8-26)34-16-29(41)35-28-9-5-25(15-33)6-10-28/h5-12,21-24,34H,13-14,16-20H2,1-4H3,(H,35,41). The minimum Gasteiger partial charge on any atom is -0.376 e. The van der Waals surface area contributed by atoms with Crippen LogP contribution in [0.2, 0.25) is 0 Å². The highest BCUT2D eigenvalue weighted by atomic mass is 16.1. The van der Waals surface area contributed by atoms with Crippen molar-refractivity contribution in [2.24, 2.45) is 23.7 Å². The van der Waals surface area contributed by atoms with Gasteiger partial charge in [0.15, 0.2) is 5.82 Å². The highest BCUT2D eigenvalue weighted by Crippen LogP contribution is 2.30. The summed E-state index contributed by atoms with van der Waals surface area (Å²) in [5.41, 5.74) is 2.95. The third kappa shape index (κ3) is 7.31. The Kier molecular flexibility index (Phi) is 8.67. The number of hydrogen-bond donors (Lipinski definition) is 2. The van der Waals surface area contributed by atoms with Crippen LogP contribution in [-0.4, -0.2) is 53.6 Å². The van der Waals surface area contributed by atoms with Crippen molar-refractivity contribution in [3.05, 3.63) is 54.1 Å². The Hall–Kier alpha value is -4.19. The number of anilines is 4. The van der Waals surface area contributed by atoms with E-state index in [0.717, 1.165) is 49.3 Å². The van der Waals surface area contributed by atoms with Crippen LogP contribution in [0.1, 0.15) is 46.1 Å². The molecule has 2 aromatic carbocycles. The minimum absolute atomic E-state index is 0.121. The molecule has 3 aromatic rings. The van der Waals surface area contributed by atoms with Crippen molar-refractivity contribution in [2.45, 2.75) is 40.5 Å². The first-order valence-corrected chi connectivity index (χ1v) is 14.7. The van der Waals surface area contributed by atoms with Crippen LogP contribution in [0.4, 0.5) is 23.3 Å². The molecule has 0 aliphatic carbocycles. The summed E-state index contributed by atoms with van der Waals surface area (Å²) in [5, 5.41) is 15.0. The van der Waals surface area contributed by atoms with Crippen molar-refractivity contribution in [1.29, 1.82) is 5.26 Å². The van der Waals surface area contributed by atoms with Gasteiger partial charge in [-0.25, -0.2) is 0 Å². The lowest BCUT2D eigenvalue weighted by molar-refractivity contribution is -0.114. The van der Waals surface area contributed by atoms with Gasteiger partial charge in [0.25, 0.3) is 0 Å². The van der Waals surface area contributed by atoms with E-state index in [4.69, 9.17) is 20.2 Å². The molecule has 3 heterocycles. The fourth-order valence-electron chi connectivity index (χ4n) is 6.17. The molecule has 9 heteroatoms. The summed E-state index contributed by atoms with van der Waals surface area (Å²) < 4.78 is 0. The highest BCUT2D eigenvalue weighted by molar-refractivity contribution is 5.93. The number of piperidine rings is 2. The Morgan fingerprint density at radius 3 is 1.76 bits per heavy atom. The van der Waals surface area contributed by atoms with Crippen molar-refractivity contribution in [1.82, 2.24) is 15.0 Å². The predicted octanol–water partition coefficient (Wildman–Crippen LogP) is 5.43. The fraction of sp³-hybridized carbons (Fsp3) is 0.469. The Morgan fingerprint density at radius 1 is 0.780 bits per heavy atom. The second-order valence-corrected chi connectivity index (χ2v) is 12.1. The van der Waals surface area contributed by atoms with Gasteiger partial charge in [-0.2, -0.15) is 20.2 Å². The summed E-state index contributed by atoms with van der Waals surface area (Å²) in [6.07, 6.45) is 2.45. The molecule has 4 unspecified atom stereocenters. The van der Waals surface area contributed by atoms with Gasteiger partial charge in [-0.05, 0) is 85.0 Å². The molecule has 2 aliphatic rings. The van der Waals surface area contributed by atoms with E-state index in [0.29, 0.717) is 40.7 Å². The van der Waals surface area contributed by atoms with Crippen LogP contribution in [0.25, 0.3) is 11.4 Å². The maximum absolute atomic E-state index is 12.4. The van der Waals surface area contributed by atoms with Crippen molar-refractivity contribution in [3.63, 3.8) is 0 Å². The lowest BCUT2D eigenvalue weighted by Gasteiger charge is -2.37. The molecular weight excluding hydrogens is 512 g/mol. The largest absolute Gasteiger partial charge is 0.376 e. The molecule has 0 radical (unpaired) electrons. The van der Waals surface area contributed by atoms with Crippen molar-refractivity contribution >= 4 is 29.2 Å². The fourth-order valence-corrected chi connectivity index (χ4v) is 6.17. The monoisotopic (exact) mass is 552 g/mol. The molecule has 0 saturated carbocycles. The number of carbonyl (C=O) groups excluding carboxylic acids is 1. The van der Waals surface area contributed by atoms with Gasteiger partial charge in [0.1, 0.15) is 0 Å². The Bertz CT molecular complexity index is 1320. The molecule has 0 bridgehead atoms. The summed E-state index contributed by atoms with van der Waals surface area (Å²) in [6.45, 7) is 13.1. The van der Waals surface area contributed by atoms with Crippen LogP contribution in [0.3, 0.4) is 0 Å². The van der Waals surface area contributed by atoms with E-state index in [1.807, 2.05) is 24.3 Å². The quantitative estimate of drug-likeness (QED) is 0.400. The summed E-state index contributed by atoms with van der Waals surface area (Å²) in [4.78, 5) is 32.0. The number of aromatic nitrogens is 3. The highest BCUT2D eigenvalue weighted by Gasteiger charge is 2.28. The average Bonchev–Trinajstić information content (AvgIpc) is 2.95. The Labute approximate surface area is 243 Å². The molecule has 2 saturated heterocycles. The summed E-state index contributed by atoms with van der Waals surface area (Å²) in [7, 11) is 0. The lowest BCUT2D eigenvalue weighted by atomic mass is 9.92. The second-order valence-electron chi connectivity index (χ2n) is 12.1. The number of amides is 1. The topological polar surface area (TPSA) is 110 Å². The molecule has 214 valence electrons. The average molecular weight is 553 g/mol. The van der Waals surface area contributed by atoms with E-state index >= 15 is 0 Å². The molecular formula is C32H40N8O. The van der Waals surface area contributed by atoms with Crippen LogP contribution in [0.5, 0.6) is 0 Å². The predicted molar refractivity (Wildman–Crippen MR) is 164 cm³/mol. The first-order chi connectivity index (χ1) is 19.7. The molecule has 1 amide bonds. The van der Waals surface area contributed by atoms with Gasteiger partial charge in [0, 0.05) is 43.1 Å². The third-order valence-corrected chi connectivity index (χ3v) is 7.81. The Balaban J connectivity index is 1.32. The summed E-state index contributed by atoms with van der Waals surface area (Å²) >= 11 is 0. The van der Waals surface area contributed by atoms with E-state index < -0.39 is 0 Å². The van der Waals surface area contributed by atoms with Crippen LogP contribution in [0.15, 0.2) is 48.5 Å². The second kappa shape index (κ2) is 12.5. The summed E-state index contributed by atoms with van der Waals surface area (Å²) in [6, 6.07) is 16.8. The van der Waals surface area contributed by atoms with Crippen LogP contribution >= 0.6 is 0 Å². The SMILES string of the molecule is CC1CC(C)CN(c2nc(-c3ccc(NCC(=O)Nc4ccc(C#N)cc4)cc3)nc(N3CC(C)CC(C)C3)n2)C1. The van der Waals surface area contributed by atoms with Crippen LogP contribution in [-0.2, 0) is 4.79 Å². The number of nitriles is 1. The molecule has 2 N–H and O–H groups in total. The molecule has 4 atom stereocenters. The van der Waals surface area contributed by atoms with Gasteiger partial charge in [0.2, 0.25) is 17.8 Å². The molecule has 41 heavy (non-hydrogen) atoms. The number of carbonyl (C=O) groups is 1. The van der Waals surface area contributed by atoms with Crippen LogP contribution < -0.4 is 20.4 Å². The normalized spacial score (nSPS) is 22.6. The van der Waals surface area contributed by atoms with Crippen molar-refractivity contribution in [2.75, 3.05) is 53.2 Å². The molecule has 2 aliphatic heterocycles. The smallest absolute Gasteiger partial charge is 0.243 e. The van der Waals surface area contributed by atoms with Gasteiger partial charge < -0.3 is 20.4 Å². The number of nitrogens with zero attached hydrogens (tertiary/aromatic N) is 6. The zero-order valence-electron chi connectivity index (χ0n) is 24.5. The first kappa shape index (κ1) is 28.3. The molecule has 1 aromatic heterocycles. The number of rotatable bonds is 7. The molecule has 5 rings (SSSR count). The molecule has 2 fully saturated rings. The molecule has 9 nitrogen and oxygen atoms in total. The Morgan fingerprint density at radius 2 is 1.27 bits per heavy atom. The zero-order chi connectivity index (χ0) is 28.9. The van der Waals surface area contributed by atoms with Gasteiger partial charge >= 0.3 is 0 Å². The first-order valence-electron chi connectivity index (χ1n) is 14.7. The van der Waals surface area contributed by atoms with Crippen molar-refractivity contribution < 1.29 is 4.79 Å². The number of hydrogen-bond acceptors (Lipinski definition) is 8. The van der Waals surface area contributed by atoms with Crippen LogP contribution in [0, 0.1) is 35.0 Å². The minimum atomic E-state index is -0.166. The van der Waals surface area contributed by atoms with E-state index in [2.05, 4.69) is 54.2 Å². The lowest BCUT2D eigenvalue weighted by Crippen LogP contribution is -2.42. The zero-order valence-corrected chi connectivity index (χ0v) is 24.5. The van der Waals surface area contributed by atoms with Gasteiger partial charge in [-0.3, -0.25) is 4.79 Å². The van der Waals surface area contributed by atoms with Crippen molar-refractivity contribution in [3.8, 4) is 17.5 Å². The summed E-state index contributed by atoms with van der Waals surface area (Å²) in [5.74, 6) is 4.40. The van der Waals surface area contributed by atoms with E-state index in [9.17, 15) is 4.79 Å². The van der Waals surface area contributed by atoms with Gasteiger partial charge in [-0.1, -0.05) is 27.7 Å². The van der Waals surface area contributed by atoms with E-state index in [-0.39, 0.29) is 12.5 Å². The maximum atomic E-state index is 12.4. The third-order valence-electron chi connectivity index (χ3n) is 7.81. The van der Waals surface area contributed by atoms with Gasteiger partial charge in [0.05, 0.1) is 18.2 Å². The number of nitrogens with one attached hydrogen (secondary N) is 2. The maximum Gasteiger partial charge on any atom is 0.243 e. The van der Waals surface area contributed by atoms with E-state index in [1.54, 1.807) is 24.3 Å². The van der Waals surface area contributed by atoms with Gasteiger partial charge in [-0.15, -0.1) is 0 Å².